The van der Waals surface area contributed by atoms with E-state index < -0.39 is 6.04 Å². The monoisotopic (exact) mass is 287 g/mol. The minimum absolute atomic E-state index is 0.137. The van der Waals surface area contributed by atoms with Crippen LogP contribution in [0.15, 0.2) is 24.4 Å². The first-order valence-corrected chi connectivity index (χ1v) is 7.02. The fourth-order valence-electron chi connectivity index (χ4n) is 2.79. The van der Waals surface area contributed by atoms with E-state index in [2.05, 4.69) is 10.2 Å². The van der Waals surface area contributed by atoms with E-state index in [1.165, 1.54) is 7.11 Å². The Morgan fingerprint density at radius 3 is 3.05 bits per heavy atom. The Morgan fingerprint density at radius 1 is 1.38 bits per heavy atom. The van der Waals surface area contributed by atoms with Gasteiger partial charge in [-0.1, -0.05) is 6.07 Å². The number of methoxy groups -OCH3 is 1. The lowest BCUT2D eigenvalue weighted by molar-refractivity contribution is -0.147. The SMILES string of the molecule is COC(=O)C1CCCCN1C(=O)c1ccc2cn[nH]c2c1. The first kappa shape index (κ1) is 13.6. The van der Waals surface area contributed by atoms with E-state index in [-0.39, 0.29) is 11.9 Å². The van der Waals surface area contributed by atoms with Gasteiger partial charge in [0.1, 0.15) is 6.04 Å². The number of fused-ring (bicyclic) bond motifs is 1. The van der Waals surface area contributed by atoms with Crippen LogP contribution < -0.4 is 0 Å². The molecule has 1 aliphatic heterocycles. The molecule has 1 aliphatic rings. The van der Waals surface area contributed by atoms with Crippen molar-refractivity contribution < 1.29 is 14.3 Å². The molecule has 6 heteroatoms. The van der Waals surface area contributed by atoms with Crippen LogP contribution in [-0.4, -0.2) is 46.7 Å². The molecule has 0 saturated carbocycles. The molecule has 3 rings (SSSR count). The van der Waals surface area contributed by atoms with E-state index in [0.717, 1.165) is 23.7 Å². The molecule has 1 aromatic carbocycles. The first-order valence-electron chi connectivity index (χ1n) is 7.02. The Balaban J connectivity index is 1.89. The third kappa shape index (κ3) is 2.49. The van der Waals surface area contributed by atoms with E-state index in [0.29, 0.717) is 18.5 Å². The average Bonchev–Trinajstić information content (AvgIpc) is 3.01. The second kappa shape index (κ2) is 5.55. The molecule has 110 valence electrons. The number of hydrogen-bond donors (Lipinski definition) is 1. The van der Waals surface area contributed by atoms with Gasteiger partial charge in [-0.25, -0.2) is 4.79 Å². The van der Waals surface area contributed by atoms with Gasteiger partial charge in [-0.2, -0.15) is 5.10 Å². The van der Waals surface area contributed by atoms with Crippen molar-refractivity contribution in [2.24, 2.45) is 0 Å². The summed E-state index contributed by atoms with van der Waals surface area (Å²) in [6.07, 6.45) is 4.21. The Labute approximate surface area is 122 Å². The van der Waals surface area contributed by atoms with Crippen LogP contribution in [0.3, 0.4) is 0 Å². The number of hydrogen-bond acceptors (Lipinski definition) is 4. The highest BCUT2D eigenvalue weighted by Crippen LogP contribution is 2.22. The highest BCUT2D eigenvalue weighted by Gasteiger charge is 2.33. The van der Waals surface area contributed by atoms with E-state index in [1.54, 1.807) is 23.2 Å². The van der Waals surface area contributed by atoms with Crippen LogP contribution in [-0.2, 0) is 9.53 Å². The van der Waals surface area contributed by atoms with Crippen molar-refractivity contribution in [2.75, 3.05) is 13.7 Å². The van der Waals surface area contributed by atoms with E-state index in [4.69, 9.17) is 4.74 Å². The van der Waals surface area contributed by atoms with Gasteiger partial charge in [0.25, 0.3) is 5.91 Å². The number of carbonyl (C=O) groups is 2. The van der Waals surface area contributed by atoms with Crippen molar-refractivity contribution in [1.29, 1.82) is 0 Å². The quantitative estimate of drug-likeness (QED) is 0.854. The number of aromatic amines is 1. The Bertz CT molecular complexity index is 680. The smallest absolute Gasteiger partial charge is 0.328 e. The molecular weight excluding hydrogens is 270 g/mol. The summed E-state index contributed by atoms with van der Waals surface area (Å²) >= 11 is 0. The molecule has 1 unspecified atom stereocenters. The van der Waals surface area contributed by atoms with Crippen molar-refractivity contribution in [3.8, 4) is 0 Å². The summed E-state index contributed by atoms with van der Waals surface area (Å²) in [6, 6.07) is 4.91. The van der Waals surface area contributed by atoms with Crippen molar-refractivity contribution in [2.45, 2.75) is 25.3 Å². The molecule has 6 nitrogen and oxygen atoms in total. The molecule has 0 aliphatic carbocycles. The number of nitrogens with one attached hydrogen (secondary N) is 1. The van der Waals surface area contributed by atoms with Gasteiger partial charge in [-0.05, 0) is 31.4 Å². The zero-order valence-electron chi connectivity index (χ0n) is 11.8. The van der Waals surface area contributed by atoms with Gasteiger partial charge in [-0.15, -0.1) is 0 Å². The molecule has 1 atom stereocenters. The number of ether oxygens (including phenoxy) is 1. The second-order valence-electron chi connectivity index (χ2n) is 5.21. The lowest BCUT2D eigenvalue weighted by atomic mass is 10.0. The van der Waals surface area contributed by atoms with Crippen molar-refractivity contribution in [1.82, 2.24) is 15.1 Å². The summed E-state index contributed by atoms with van der Waals surface area (Å²) in [7, 11) is 1.36. The van der Waals surface area contributed by atoms with Crippen LogP contribution in [0.4, 0.5) is 0 Å². The molecule has 0 spiro atoms. The van der Waals surface area contributed by atoms with E-state index >= 15 is 0 Å². The average molecular weight is 287 g/mol. The van der Waals surface area contributed by atoms with Crippen molar-refractivity contribution in [3.63, 3.8) is 0 Å². The molecular formula is C15H17N3O3. The van der Waals surface area contributed by atoms with Gasteiger partial charge in [0.2, 0.25) is 0 Å². The Kier molecular flexibility index (Phi) is 3.60. The molecule has 0 radical (unpaired) electrons. The van der Waals surface area contributed by atoms with Crippen LogP contribution in [0.2, 0.25) is 0 Å². The lowest BCUT2D eigenvalue weighted by Gasteiger charge is -2.33. The fourth-order valence-corrected chi connectivity index (χ4v) is 2.79. The summed E-state index contributed by atoms with van der Waals surface area (Å²) in [6.45, 7) is 0.583. The maximum Gasteiger partial charge on any atom is 0.328 e. The van der Waals surface area contributed by atoms with E-state index in [1.807, 2.05) is 6.07 Å². The number of H-pyrrole nitrogens is 1. The highest BCUT2D eigenvalue weighted by atomic mass is 16.5. The number of nitrogens with zero attached hydrogens (tertiary/aromatic N) is 2. The summed E-state index contributed by atoms with van der Waals surface area (Å²) < 4.78 is 4.81. The number of aromatic nitrogens is 2. The molecule has 1 saturated heterocycles. The van der Waals surface area contributed by atoms with Crippen molar-refractivity contribution in [3.05, 3.63) is 30.0 Å². The number of rotatable bonds is 2. The summed E-state index contributed by atoms with van der Waals surface area (Å²) in [5.41, 5.74) is 1.37. The van der Waals surface area contributed by atoms with Crippen LogP contribution in [0.5, 0.6) is 0 Å². The summed E-state index contributed by atoms with van der Waals surface area (Å²) in [5, 5.41) is 7.75. The van der Waals surface area contributed by atoms with Crippen LogP contribution in [0.25, 0.3) is 10.9 Å². The molecule has 0 bridgehead atoms. The fraction of sp³-hybridized carbons (Fsp3) is 0.400. The van der Waals surface area contributed by atoms with Crippen LogP contribution >= 0.6 is 0 Å². The highest BCUT2D eigenvalue weighted by molar-refractivity contribution is 5.99. The van der Waals surface area contributed by atoms with Gasteiger partial charge in [0.15, 0.2) is 0 Å². The standard InChI is InChI=1S/C15H17N3O3/c1-21-15(20)13-4-2-3-7-18(13)14(19)10-5-6-11-9-16-17-12(11)8-10/h5-6,8-9,13H,2-4,7H2,1H3,(H,16,17). The van der Waals surface area contributed by atoms with E-state index in [9.17, 15) is 9.59 Å². The minimum Gasteiger partial charge on any atom is -0.467 e. The van der Waals surface area contributed by atoms with Gasteiger partial charge >= 0.3 is 5.97 Å². The van der Waals surface area contributed by atoms with Gasteiger partial charge in [-0.3, -0.25) is 9.89 Å². The first-order chi connectivity index (χ1) is 10.2. The maximum absolute atomic E-state index is 12.7. The molecule has 1 amide bonds. The summed E-state index contributed by atoms with van der Waals surface area (Å²) in [4.78, 5) is 26.1. The number of piperidine rings is 1. The molecule has 1 fully saturated rings. The topological polar surface area (TPSA) is 75.3 Å². The number of likely N-dealkylation sites (tertiary alicyclic amines) is 1. The normalized spacial score (nSPS) is 18.7. The third-order valence-electron chi connectivity index (χ3n) is 3.93. The number of carbonyl (C=O) groups excluding carboxylic acids is 2. The van der Waals surface area contributed by atoms with Gasteiger partial charge in [0.05, 0.1) is 18.8 Å². The zero-order valence-corrected chi connectivity index (χ0v) is 11.8. The molecule has 1 aromatic heterocycles. The third-order valence-corrected chi connectivity index (χ3v) is 3.93. The predicted octanol–water partition coefficient (Wildman–Crippen LogP) is 1.73. The number of benzene rings is 1. The zero-order chi connectivity index (χ0) is 14.8. The van der Waals surface area contributed by atoms with Gasteiger partial charge < -0.3 is 9.64 Å². The van der Waals surface area contributed by atoms with Crippen molar-refractivity contribution >= 4 is 22.8 Å². The number of amides is 1. The second-order valence-corrected chi connectivity index (χ2v) is 5.21. The largest absolute Gasteiger partial charge is 0.467 e. The van der Waals surface area contributed by atoms with Crippen LogP contribution in [0, 0.1) is 0 Å². The molecule has 1 N–H and O–H groups in total. The van der Waals surface area contributed by atoms with Gasteiger partial charge in [0, 0.05) is 17.5 Å². The number of esters is 1. The predicted molar refractivity (Wildman–Crippen MR) is 76.8 cm³/mol. The van der Waals surface area contributed by atoms with Crippen LogP contribution in [0.1, 0.15) is 29.6 Å². The molecule has 2 aromatic rings. The minimum atomic E-state index is -0.478. The maximum atomic E-state index is 12.7. The Hall–Kier alpha value is -2.37. The Morgan fingerprint density at radius 2 is 2.24 bits per heavy atom. The lowest BCUT2D eigenvalue weighted by Crippen LogP contribution is -2.48. The molecule has 21 heavy (non-hydrogen) atoms. The molecule has 2 heterocycles. The summed E-state index contributed by atoms with van der Waals surface area (Å²) in [5.74, 6) is -0.479.